The van der Waals surface area contributed by atoms with Gasteiger partial charge in [0.2, 0.25) is 5.91 Å². The predicted molar refractivity (Wildman–Crippen MR) is 101 cm³/mol. The number of hydrogen-bond acceptors (Lipinski definition) is 5. The highest BCUT2D eigenvalue weighted by atomic mass is 16.5. The van der Waals surface area contributed by atoms with E-state index < -0.39 is 23.3 Å². The normalized spacial score (nSPS) is 25.2. The lowest BCUT2D eigenvalue weighted by molar-refractivity contribution is -0.147. The molecule has 2 aliphatic carbocycles. The Labute approximate surface area is 166 Å². The molecule has 8 nitrogen and oxygen atoms in total. The third-order valence-corrected chi connectivity index (χ3v) is 6.19. The lowest BCUT2D eigenvalue weighted by atomic mass is 9.76. The Balaban J connectivity index is 1.94. The Kier molecular flexibility index (Phi) is 8.69. The Bertz CT molecular complexity index is 537. The highest BCUT2D eigenvalue weighted by molar-refractivity contribution is 5.84. The summed E-state index contributed by atoms with van der Waals surface area (Å²) in [6, 6.07) is -0.0261. The fourth-order valence-electron chi connectivity index (χ4n) is 4.46. The summed E-state index contributed by atoms with van der Waals surface area (Å²) in [6.07, 6.45) is 5.91. The number of carbonyl (C=O) groups is 3. The Hall–Kier alpha value is -1.67. The van der Waals surface area contributed by atoms with Gasteiger partial charge in [-0.05, 0) is 44.9 Å². The molecule has 160 valence electrons. The van der Waals surface area contributed by atoms with Crippen LogP contribution < -0.4 is 5.32 Å². The van der Waals surface area contributed by atoms with Crippen LogP contribution >= 0.6 is 0 Å². The largest absolute Gasteiger partial charge is 0.481 e. The van der Waals surface area contributed by atoms with Crippen molar-refractivity contribution in [3.63, 3.8) is 0 Å². The van der Waals surface area contributed by atoms with E-state index in [1.54, 1.807) is 7.11 Å². The highest BCUT2D eigenvalue weighted by Gasteiger charge is 2.45. The van der Waals surface area contributed by atoms with E-state index in [1.165, 1.54) is 0 Å². The molecule has 2 fully saturated rings. The van der Waals surface area contributed by atoms with Gasteiger partial charge in [0.05, 0.1) is 37.1 Å². The minimum absolute atomic E-state index is 0.0261. The lowest BCUT2D eigenvalue weighted by Gasteiger charge is -2.34. The molecule has 1 unspecified atom stereocenters. The summed E-state index contributed by atoms with van der Waals surface area (Å²) in [5.74, 6) is -2.85. The van der Waals surface area contributed by atoms with Crippen LogP contribution in [0.4, 0.5) is 0 Å². The van der Waals surface area contributed by atoms with Crippen molar-refractivity contribution >= 4 is 17.8 Å². The maximum atomic E-state index is 13.1. The van der Waals surface area contributed by atoms with Crippen LogP contribution in [0.2, 0.25) is 0 Å². The summed E-state index contributed by atoms with van der Waals surface area (Å²) in [6.45, 7) is 0.792. The Morgan fingerprint density at radius 1 is 1.07 bits per heavy atom. The van der Waals surface area contributed by atoms with Gasteiger partial charge in [-0.25, -0.2) is 0 Å². The zero-order valence-electron chi connectivity index (χ0n) is 16.7. The van der Waals surface area contributed by atoms with E-state index in [4.69, 9.17) is 14.6 Å². The van der Waals surface area contributed by atoms with Crippen LogP contribution in [-0.4, -0.2) is 61.0 Å². The molecular weight excluding hydrogens is 366 g/mol. The summed E-state index contributed by atoms with van der Waals surface area (Å²) in [5, 5.41) is 21.8. The van der Waals surface area contributed by atoms with Crippen LogP contribution in [0, 0.1) is 17.3 Å². The number of carboxylic acids is 2. The second-order valence-electron chi connectivity index (χ2n) is 8.15. The molecule has 1 atom stereocenters. The van der Waals surface area contributed by atoms with E-state index in [0.29, 0.717) is 51.7 Å². The average Bonchev–Trinajstić information content (AvgIpc) is 3.14. The molecule has 2 aliphatic rings. The first-order valence-corrected chi connectivity index (χ1v) is 10.2. The number of carboxylic acid groups (broad SMARTS) is 2. The molecule has 0 radical (unpaired) electrons. The van der Waals surface area contributed by atoms with Gasteiger partial charge >= 0.3 is 11.9 Å². The standard InChI is InChI=1S/C20H33NO7/c1-27-10-11-28-13-15(18(24)25)12-20(8-2-3-9-20)19(26)21-16-6-4-14(5-7-16)17(22)23/h14-16H,2-13H2,1H3,(H,21,26)(H,22,23)(H,24,25)/t14-,15?,16+. The average molecular weight is 399 g/mol. The van der Waals surface area contributed by atoms with Crippen LogP contribution in [0.25, 0.3) is 0 Å². The fraction of sp³-hybridized carbons (Fsp3) is 0.850. The van der Waals surface area contributed by atoms with Gasteiger partial charge in [-0.2, -0.15) is 0 Å². The summed E-state index contributed by atoms with van der Waals surface area (Å²) in [4.78, 5) is 35.9. The molecule has 0 heterocycles. The third kappa shape index (κ3) is 6.17. The van der Waals surface area contributed by atoms with Gasteiger partial charge in [0, 0.05) is 13.2 Å². The summed E-state index contributed by atoms with van der Waals surface area (Å²) in [7, 11) is 1.56. The number of methoxy groups -OCH3 is 1. The number of hydrogen-bond donors (Lipinski definition) is 3. The molecule has 0 aromatic carbocycles. The molecule has 0 bridgehead atoms. The predicted octanol–water partition coefficient (Wildman–Crippen LogP) is 2.06. The van der Waals surface area contributed by atoms with E-state index in [1.807, 2.05) is 0 Å². The van der Waals surface area contributed by atoms with Crippen LogP contribution in [0.15, 0.2) is 0 Å². The van der Waals surface area contributed by atoms with Crippen molar-refractivity contribution in [1.82, 2.24) is 5.32 Å². The van der Waals surface area contributed by atoms with Crippen molar-refractivity contribution in [3.05, 3.63) is 0 Å². The molecular formula is C20H33NO7. The third-order valence-electron chi connectivity index (χ3n) is 6.19. The molecule has 3 N–H and O–H groups in total. The first kappa shape index (κ1) is 22.6. The van der Waals surface area contributed by atoms with Crippen molar-refractivity contribution in [2.24, 2.45) is 17.3 Å². The maximum absolute atomic E-state index is 13.1. The minimum atomic E-state index is -0.946. The summed E-state index contributed by atoms with van der Waals surface area (Å²) >= 11 is 0. The molecule has 0 spiro atoms. The van der Waals surface area contributed by atoms with Crippen LogP contribution in [0.5, 0.6) is 0 Å². The second-order valence-corrected chi connectivity index (χ2v) is 8.15. The highest BCUT2D eigenvalue weighted by Crippen LogP contribution is 2.44. The van der Waals surface area contributed by atoms with Gasteiger partial charge in [-0.15, -0.1) is 0 Å². The fourth-order valence-corrected chi connectivity index (χ4v) is 4.46. The van der Waals surface area contributed by atoms with Crippen molar-refractivity contribution in [2.45, 2.75) is 63.8 Å². The first-order valence-electron chi connectivity index (χ1n) is 10.2. The van der Waals surface area contributed by atoms with Gasteiger partial charge < -0.3 is 25.0 Å². The monoisotopic (exact) mass is 399 g/mol. The van der Waals surface area contributed by atoms with Crippen molar-refractivity contribution in [3.8, 4) is 0 Å². The molecule has 8 heteroatoms. The Morgan fingerprint density at radius 2 is 1.71 bits per heavy atom. The van der Waals surface area contributed by atoms with E-state index >= 15 is 0 Å². The van der Waals surface area contributed by atoms with E-state index in [0.717, 1.165) is 12.8 Å². The summed E-state index contributed by atoms with van der Waals surface area (Å²) in [5.41, 5.74) is -0.669. The van der Waals surface area contributed by atoms with Gasteiger partial charge in [-0.3, -0.25) is 14.4 Å². The van der Waals surface area contributed by atoms with E-state index in [2.05, 4.69) is 5.32 Å². The topological polar surface area (TPSA) is 122 Å². The number of ether oxygens (including phenoxy) is 2. The van der Waals surface area contributed by atoms with Gasteiger partial charge in [0.25, 0.3) is 0 Å². The molecule has 0 aromatic heterocycles. The molecule has 0 saturated heterocycles. The van der Waals surface area contributed by atoms with E-state index in [9.17, 15) is 19.5 Å². The lowest BCUT2D eigenvalue weighted by Crippen LogP contribution is -2.47. The molecule has 2 rings (SSSR count). The van der Waals surface area contributed by atoms with E-state index in [-0.39, 0.29) is 30.9 Å². The van der Waals surface area contributed by atoms with Crippen LogP contribution in [0.3, 0.4) is 0 Å². The smallest absolute Gasteiger partial charge is 0.308 e. The molecule has 1 amide bonds. The molecule has 0 aromatic rings. The van der Waals surface area contributed by atoms with Crippen LogP contribution in [-0.2, 0) is 23.9 Å². The maximum Gasteiger partial charge on any atom is 0.308 e. The first-order chi connectivity index (χ1) is 13.4. The summed E-state index contributed by atoms with van der Waals surface area (Å²) < 4.78 is 10.3. The number of amides is 1. The van der Waals surface area contributed by atoms with Gasteiger partial charge in [-0.1, -0.05) is 12.8 Å². The molecule has 0 aliphatic heterocycles. The second kappa shape index (κ2) is 10.8. The zero-order chi connectivity index (χ0) is 20.6. The number of carbonyl (C=O) groups excluding carboxylic acids is 1. The van der Waals surface area contributed by atoms with Crippen molar-refractivity contribution in [2.75, 3.05) is 26.9 Å². The van der Waals surface area contributed by atoms with Gasteiger partial charge in [0.15, 0.2) is 0 Å². The number of nitrogens with one attached hydrogen (secondary N) is 1. The van der Waals surface area contributed by atoms with Crippen molar-refractivity contribution < 1.29 is 34.1 Å². The minimum Gasteiger partial charge on any atom is -0.481 e. The Morgan fingerprint density at radius 3 is 2.25 bits per heavy atom. The quantitative estimate of drug-likeness (QED) is 0.455. The van der Waals surface area contributed by atoms with Crippen molar-refractivity contribution in [1.29, 1.82) is 0 Å². The van der Waals surface area contributed by atoms with Crippen LogP contribution in [0.1, 0.15) is 57.8 Å². The van der Waals surface area contributed by atoms with Gasteiger partial charge in [0.1, 0.15) is 0 Å². The molecule has 2 saturated carbocycles. The molecule has 28 heavy (non-hydrogen) atoms. The SMILES string of the molecule is COCCOCC(CC1(C(=O)N[C@H]2CC[C@@H](C(=O)O)CC2)CCCC1)C(=O)O. The zero-order valence-corrected chi connectivity index (χ0v) is 16.7. The number of rotatable bonds is 11. The number of aliphatic carboxylic acids is 2.